The number of benzene rings is 1. The maximum Gasteiger partial charge on any atom is 0.356 e. The molecule has 1 atom stereocenters. The molecular formula is C27H26ClF2N7O4. The van der Waals surface area contributed by atoms with E-state index >= 15 is 0 Å². The van der Waals surface area contributed by atoms with Gasteiger partial charge in [-0.1, -0.05) is 17.7 Å². The van der Waals surface area contributed by atoms with Crippen molar-refractivity contribution in [2.24, 2.45) is 0 Å². The zero-order valence-electron chi connectivity index (χ0n) is 21.8. The number of hydrogen-bond acceptors (Lipinski definition) is 9. The van der Waals surface area contributed by atoms with Crippen LogP contribution in [0.1, 0.15) is 47.0 Å². The molecule has 5 heterocycles. The normalized spacial score (nSPS) is 18.0. The summed E-state index contributed by atoms with van der Waals surface area (Å²) >= 11 is 5.82. The SMILES string of the molecule is O=C(O)c1cc2nc(CN3CCC(Oc4nc(Cc5ccc(Cl)cc5F)ncc4F)CC3)n(CC3CCO3)c2nn1. The molecule has 2 fully saturated rings. The molecule has 0 spiro atoms. The van der Waals surface area contributed by atoms with E-state index in [4.69, 9.17) is 21.1 Å². The smallest absolute Gasteiger partial charge is 0.356 e. The maximum atomic E-state index is 14.5. The van der Waals surface area contributed by atoms with Crippen LogP contribution in [0, 0.1) is 11.6 Å². The van der Waals surface area contributed by atoms with Gasteiger partial charge in [0.15, 0.2) is 11.3 Å². The molecule has 41 heavy (non-hydrogen) atoms. The first-order chi connectivity index (χ1) is 19.8. The molecule has 2 aliphatic rings. The number of aromatic nitrogens is 6. The summed E-state index contributed by atoms with van der Waals surface area (Å²) in [4.78, 5) is 26.4. The number of hydrogen-bond donors (Lipinski definition) is 1. The van der Waals surface area contributed by atoms with E-state index in [-0.39, 0.29) is 41.0 Å². The summed E-state index contributed by atoms with van der Waals surface area (Å²) in [5, 5.41) is 17.5. The highest BCUT2D eigenvalue weighted by Crippen LogP contribution is 2.25. The Kier molecular flexibility index (Phi) is 7.73. The number of ether oxygens (including phenoxy) is 2. The van der Waals surface area contributed by atoms with E-state index in [0.717, 1.165) is 18.4 Å². The molecular weight excluding hydrogens is 560 g/mol. The molecule has 2 aliphatic heterocycles. The average Bonchev–Trinajstić information content (AvgIpc) is 3.26. The quantitative estimate of drug-likeness (QED) is 0.311. The van der Waals surface area contributed by atoms with Gasteiger partial charge in [-0.05, 0) is 37.0 Å². The number of piperidine rings is 1. The van der Waals surface area contributed by atoms with Crippen LogP contribution < -0.4 is 4.74 Å². The van der Waals surface area contributed by atoms with Gasteiger partial charge in [-0.15, -0.1) is 10.2 Å². The molecule has 0 radical (unpaired) electrons. The van der Waals surface area contributed by atoms with Crippen molar-refractivity contribution < 1.29 is 28.2 Å². The lowest BCUT2D eigenvalue weighted by molar-refractivity contribution is -0.0593. The lowest BCUT2D eigenvalue weighted by atomic mass is 10.1. The van der Waals surface area contributed by atoms with Crippen LogP contribution in [0.15, 0.2) is 30.5 Å². The Balaban J connectivity index is 1.11. The molecule has 6 rings (SSSR count). The van der Waals surface area contributed by atoms with Gasteiger partial charge in [0.2, 0.25) is 5.82 Å². The summed E-state index contributed by atoms with van der Waals surface area (Å²) in [6.45, 7) is 3.10. The van der Waals surface area contributed by atoms with Crippen molar-refractivity contribution in [3.63, 3.8) is 0 Å². The van der Waals surface area contributed by atoms with Crippen LogP contribution in [0.25, 0.3) is 11.2 Å². The number of rotatable bonds is 9. The first kappa shape index (κ1) is 27.4. The molecule has 0 aliphatic carbocycles. The number of halogens is 3. The molecule has 1 N–H and O–H groups in total. The summed E-state index contributed by atoms with van der Waals surface area (Å²) in [5.74, 6) is -1.50. The standard InChI is InChI=1S/C27H26ClF2N7O4/c28-16-2-1-15(19(29)10-16)9-23-31-12-20(30)26(33-23)41-17-3-6-36(7-4-17)14-24-32-21-11-22(27(38)39)34-35-25(21)37(24)13-18-5-8-40-18/h1-2,10-12,17-18H,3-9,13-14H2,(H,38,39). The van der Waals surface area contributed by atoms with Crippen LogP contribution in [-0.2, 0) is 24.2 Å². The zero-order valence-corrected chi connectivity index (χ0v) is 22.6. The Hall–Kier alpha value is -3.81. The third kappa shape index (κ3) is 6.11. The number of imidazole rings is 1. The molecule has 1 aromatic carbocycles. The lowest BCUT2D eigenvalue weighted by Gasteiger charge is -2.32. The van der Waals surface area contributed by atoms with E-state index in [1.54, 1.807) is 12.1 Å². The van der Waals surface area contributed by atoms with Gasteiger partial charge in [0.05, 0.1) is 25.4 Å². The van der Waals surface area contributed by atoms with Crippen molar-refractivity contribution in [1.82, 2.24) is 34.6 Å². The number of aromatic carboxylic acids is 1. The number of carboxylic acid groups (broad SMARTS) is 1. The van der Waals surface area contributed by atoms with Gasteiger partial charge in [0, 0.05) is 37.2 Å². The third-order valence-electron chi connectivity index (χ3n) is 7.27. The van der Waals surface area contributed by atoms with Crippen LogP contribution >= 0.6 is 11.6 Å². The van der Waals surface area contributed by atoms with E-state index in [0.29, 0.717) is 62.4 Å². The minimum atomic E-state index is -1.16. The zero-order chi connectivity index (χ0) is 28.5. The highest BCUT2D eigenvalue weighted by molar-refractivity contribution is 6.30. The second-order valence-corrected chi connectivity index (χ2v) is 10.5. The molecule has 1 unspecified atom stereocenters. The number of fused-ring (bicyclic) bond motifs is 1. The minimum absolute atomic E-state index is 0.0510. The Morgan fingerprint density at radius 2 is 1.93 bits per heavy atom. The molecule has 14 heteroatoms. The van der Waals surface area contributed by atoms with Gasteiger partial charge in [-0.25, -0.2) is 19.2 Å². The fourth-order valence-corrected chi connectivity index (χ4v) is 5.11. The second kappa shape index (κ2) is 11.6. The molecule has 4 aromatic rings. The van der Waals surface area contributed by atoms with Crippen LogP contribution in [0.3, 0.4) is 0 Å². The summed E-state index contributed by atoms with van der Waals surface area (Å²) in [7, 11) is 0. The van der Waals surface area contributed by atoms with E-state index < -0.39 is 17.6 Å². The van der Waals surface area contributed by atoms with Crippen LogP contribution in [-0.4, -0.2) is 77.6 Å². The van der Waals surface area contributed by atoms with Crippen molar-refractivity contribution >= 4 is 28.7 Å². The summed E-state index contributed by atoms with van der Waals surface area (Å²) < 4.78 is 42.2. The summed E-state index contributed by atoms with van der Waals surface area (Å²) in [6.07, 6.45) is 3.08. The first-order valence-electron chi connectivity index (χ1n) is 13.2. The van der Waals surface area contributed by atoms with E-state index in [9.17, 15) is 18.7 Å². The Bertz CT molecular complexity index is 1590. The molecule has 3 aromatic heterocycles. The Labute approximate surface area is 238 Å². The number of likely N-dealkylation sites (tertiary alicyclic amines) is 1. The van der Waals surface area contributed by atoms with Gasteiger partial charge in [-0.3, -0.25) is 4.90 Å². The third-order valence-corrected chi connectivity index (χ3v) is 7.51. The largest absolute Gasteiger partial charge is 0.476 e. The van der Waals surface area contributed by atoms with E-state index in [2.05, 4.69) is 30.0 Å². The topological polar surface area (TPSA) is 128 Å². The number of nitrogens with zero attached hydrogens (tertiary/aromatic N) is 7. The summed E-state index contributed by atoms with van der Waals surface area (Å²) in [6, 6.07) is 5.76. The van der Waals surface area contributed by atoms with Gasteiger partial charge >= 0.3 is 5.97 Å². The fourth-order valence-electron chi connectivity index (χ4n) is 4.95. The minimum Gasteiger partial charge on any atom is -0.476 e. The van der Waals surface area contributed by atoms with Gasteiger partial charge in [0.25, 0.3) is 5.88 Å². The Morgan fingerprint density at radius 3 is 2.63 bits per heavy atom. The first-order valence-corrected chi connectivity index (χ1v) is 13.6. The van der Waals surface area contributed by atoms with Crippen molar-refractivity contribution in [2.45, 2.75) is 51.0 Å². The highest BCUT2D eigenvalue weighted by atomic mass is 35.5. The van der Waals surface area contributed by atoms with E-state index in [1.165, 1.54) is 12.1 Å². The maximum absolute atomic E-state index is 14.5. The average molecular weight is 586 g/mol. The lowest BCUT2D eigenvalue weighted by Crippen LogP contribution is -2.39. The monoisotopic (exact) mass is 585 g/mol. The Morgan fingerprint density at radius 1 is 1.12 bits per heavy atom. The number of carbonyl (C=O) groups is 1. The van der Waals surface area contributed by atoms with E-state index in [1.807, 2.05) is 4.57 Å². The van der Waals surface area contributed by atoms with Crippen molar-refractivity contribution in [2.75, 3.05) is 19.7 Å². The van der Waals surface area contributed by atoms with Gasteiger partial charge < -0.3 is 19.1 Å². The predicted octanol–water partition coefficient (Wildman–Crippen LogP) is 3.67. The molecule has 0 amide bonds. The molecule has 11 nitrogen and oxygen atoms in total. The van der Waals surface area contributed by atoms with Gasteiger partial charge in [0.1, 0.15) is 29.1 Å². The summed E-state index contributed by atoms with van der Waals surface area (Å²) in [5.41, 5.74) is 1.18. The van der Waals surface area contributed by atoms with Crippen LogP contribution in [0.2, 0.25) is 5.02 Å². The highest BCUT2D eigenvalue weighted by Gasteiger charge is 2.27. The number of carboxylic acids is 1. The molecule has 0 saturated carbocycles. The fraction of sp³-hybridized carbons (Fsp3) is 0.407. The van der Waals surface area contributed by atoms with Crippen molar-refractivity contribution in [3.8, 4) is 5.88 Å². The van der Waals surface area contributed by atoms with Gasteiger partial charge in [-0.2, -0.15) is 9.37 Å². The molecule has 0 bridgehead atoms. The van der Waals surface area contributed by atoms with Crippen LogP contribution in [0.4, 0.5) is 8.78 Å². The van der Waals surface area contributed by atoms with Crippen molar-refractivity contribution in [3.05, 3.63) is 70.0 Å². The second-order valence-electron chi connectivity index (χ2n) is 10.1. The van der Waals surface area contributed by atoms with Crippen LogP contribution in [0.5, 0.6) is 5.88 Å². The molecule has 2 saturated heterocycles. The molecule has 214 valence electrons. The van der Waals surface area contributed by atoms with Crippen molar-refractivity contribution in [1.29, 1.82) is 0 Å². The predicted molar refractivity (Wildman–Crippen MR) is 142 cm³/mol.